The molecule has 0 atom stereocenters. The Morgan fingerprint density at radius 3 is 2.24 bits per heavy atom. The predicted octanol–water partition coefficient (Wildman–Crippen LogP) is 3.08. The molecule has 0 aliphatic carbocycles. The minimum absolute atomic E-state index is 0.0482. The van der Waals surface area contributed by atoms with E-state index < -0.39 is 27.3 Å². The summed E-state index contributed by atoms with van der Waals surface area (Å²) in [6.07, 6.45) is 1.97. The van der Waals surface area contributed by atoms with E-state index in [1.807, 2.05) is 0 Å². The van der Waals surface area contributed by atoms with Crippen LogP contribution >= 0.6 is 0 Å². The fourth-order valence-corrected chi connectivity index (χ4v) is 2.38. The number of rotatable bonds is 5. The zero-order valence-electron chi connectivity index (χ0n) is 12.5. The largest absolute Gasteiger partial charge is 0.534 e. The summed E-state index contributed by atoms with van der Waals surface area (Å²) < 4.78 is 64.1. The van der Waals surface area contributed by atoms with Gasteiger partial charge in [-0.25, -0.2) is 0 Å². The van der Waals surface area contributed by atoms with E-state index in [1.54, 1.807) is 30.3 Å². The molecule has 0 saturated carbocycles. The average Bonchev–Trinajstić information content (AvgIpc) is 2.53. The molecule has 132 valence electrons. The number of benzene rings is 2. The van der Waals surface area contributed by atoms with Crippen molar-refractivity contribution in [1.82, 2.24) is 0 Å². The van der Waals surface area contributed by atoms with Gasteiger partial charge in [0.15, 0.2) is 0 Å². The van der Waals surface area contributed by atoms with Gasteiger partial charge in [-0.1, -0.05) is 36.4 Å². The molecule has 2 aromatic rings. The number of nitrogens with two attached hydrogens (primary N) is 1. The van der Waals surface area contributed by atoms with Crippen molar-refractivity contribution in [1.29, 1.82) is 0 Å². The van der Waals surface area contributed by atoms with Gasteiger partial charge in [0.05, 0.1) is 0 Å². The summed E-state index contributed by atoms with van der Waals surface area (Å²) in [6.45, 7) is 0. The van der Waals surface area contributed by atoms with Crippen molar-refractivity contribution in [2.24, 2.45) is 5.73 Å². The molecule has 25 heavy (non-hydrogen) atoms. The summed E-state index contributed by atoms with van der Waals surface area (Å²) in [4.78, 5) is 10.9. The third-order valence-electron chi connectivity index (χ3n) is 3.03. The Labute approximate surface area is 141 Å². The van der Waals surface area contributed by atoms with Gasteiger partial charge in [-0.05, 0) is 29.3 Å². The van der Waals surface area contributed by atoms with Crippen LogP contribution in [0.15, 0.2) is 54.6 Å². The second kappa shape index (κ2) is 6.98. The first kappa shape index (κ1) is 18.5. The van der Waals surface area contributed by atoms with E-state index in [2.05, 4.69) is 4.18 Å². The maximum absolute atomic E-state index is 12.5. The van der Waals surface area contributed by atoms with Crippen LogP contribution in [-0.2, 0) is 14.9 Å². The molecule has 0 saturated heterocycles. The van der Waals surface area contributed by atoms with Crippen molar-refractivity contribution in [3.63, 3.8) is 0 Å². The van der Waals surface area contributed by atoms with E-state index in [0.29, 0.717) is 5.56 Å². The summed E-state index contributed by atoms with van der Waals surface area (Å²) in [7, 11) is -5.84. The molecule has 0 bridgehead atoms. The topological polar surface area (TPSA) is 86.5 Å². The highest BCUT2D eigenvalue weighted by Crippen LogP contribution is 2.32. The lowest BCUT2D eigenvalue weighted by Gasteiger charge is -2.12. The first-order chi connectivity index (χ1) is 11.6. The second-order valence-corrected chi connectivity index (χ2v) is 6.38. The highest BCUT2D eigenvalue weighted by molar-refractivity contribution is 7.88. The van der Waals surface area contributed by atoms with Crippen molar-refractivity contribution in [3.05, 3.63) is 60.2 Å². The molecule has 0 unspecified atom stereocenters. The van der Waals surface area contributed by atoms with E-state index in [9.17, 15) is 26.4 Å². The van der Waals surface area contributed by atoms with Gasteiger partial charge in [-0.2, -0.15) is 21.6 Å². The summed E-state index contributed by atoms with van der Waals surface area (Å²) >= 11 is 0. The highest BCUT2D eigenvalue weighted by Gasteiger charge is 2.48. The molecule has 0 radical (unpaired) electrons. The van der Waals surface area contributed by atoms with Gasteiger partial charge in [0.1, 0.15) is 5.75 Å². The van der Waals surface area contributed by atoms with Crippen LogP contribution in [0.5, 0.6) is 5.75 Å². The minimum atomic E-state index is -5.84. The molecule has 2 N–H and O–H groups in total. The van der Waals surface area contributed by atoms with Crippen molar-refractivity contribution in [2.75, 3.05) is 0 Å². The van der Waals surface area contributed by atoms with Gasteiger partial charge < -0.3 is 9.92 Å². The third kappa shape index (κ3) is 4.60. The Morgan fingerprint density at radius 2 is 1.68 bits per heavy atom. The van der Waals surface area contributed by atoms with Gasteiger partial charge in [-0.15, -0.1) is 0 Å². The van der Waals surface area contributed by atoms with Crippen LogP contribution in [0, 0.1) is 0 Å². The number of alkyl halides is 3. The van der Waals surface area contributed by atoms with Crippen molar-refractivity contribution >= 4 is 22.1 Å². The first-order valence-electron chi connectivity index (χ1n) is 6.78. The van der Waals surface area contributed by atoms with Crippen LogP contribution in [-0.4, -0.2) is 19.8 Å². The highest BCUT2D eigenvalue weighted by atomic mass is 32.2. The molecule has 0 fully saturated rings. The Morgan fingerprint density at radius 1 is 1.04 bits per heavy atom. The predicted molar refractivity (Wildman–Crippen MR) is 85.7 cm³/mol. The Balaban J connectivity index is 2.51. The zero-order chi connectivity index (χ0) is 18.7. The lowest BCUT2D eigenvalue weighted by Crippen LogP contribution is -2.28. The van der Waals surface area contributed by atoms with Gasteiger partial charge in [0.25, 0.3) is 0 Å². The van der Waals surface area contributed by atoms with Crippen molar-refractivity contribution in [3.8, 4) is 16.9 Å². The summed E-state index contributed by atoms with van der Waals surface area (Å²) in [6, 6.07) is 12.7. The quantitative estimate of drug-likeness (QED) is 0.497. The van der Waals surface area contributed by atoms with Gasteiger partial charge in [-0.3, -0.25) is 4.79 Å². The summed E-state index contributed by atoms with van der Waals surface area (Å²) in [5, 5.41) is 0. The molecule has 2 aromatic carbocycles. The van der Waals surface area contributed by atoms with E-state index in [1.165, 1.54) is 12.1 Å². The smallest absolute Gasteiger partial charge is 0.375 e. The number of primary amides is 1. The maximum Gasteiger partial charge on any atom is 0.534 e. The maximum atomic E-state index is 12.5. The van der Waals surface area contributed by atoms with Crippen LogP contribution in [0.4, 0.5) is 13.2 Å². The van der Waals surface area contributed by atoms with E-state index in [0.717, 1.165) is 23.8 Å². The second-order valence-electron chi connectivity index (χ2n) is 4.84. The molecule has 5 nitrogen and oxygen atoms in total. The SMILES string of the molecule is NC(=O)C=Cc1cc(-c2ccccc2)ccc1OS(=O)(=O)C(F)(F)F. The number of hydrogen-bond donors (Lipinski definition) is 1. The summed E-state index contributed by atoms with van der Waals surface area (Å²) in [5.41, 5.74) is 0.672. The lowest BCUT2D eigenvalue weighted by atomic mass is 10.0. The average molecular weight is 371 g/mol. The number of hydrogen-bond acceptors (Lipinski definition) is 4. The first-order valence-corrected chi connectivity index (χ1v) is 8.19. The van der Waals surface area contributed by atoms with E-state index in [-0.39, 0.29) is 5.56 Å². The van der Waals surface area contributed by atoms with E-state index in [4.69, 9.17) is 5.73 Å². The van der Waals surface area contributed by atoms with Gasteiger partial charge in [0, 0.05) is 11.6 Å². The number of halogens is 3. The molecule has 2 rings (SSSR count). The molecule has 0 aromatic heterocycles. The van der Waals surface area contributed by atoms with Gasteiger partial charge >= 0.3 is 15.6 Å². The monoisotopic (exact) mass is 371 g/mol. The fourth-order valence-electron chi connectivity index (χ4n) is 1.90. The zero-order valence-corrected chi connectivity index (χ0v) is 13.3. The molecule has 0 spiro atoms. The van der Waals surface area contributed by atoms with Crippen LogP contribution in [0.2, 0.25) is 0 Å². The van der Waals surface area contributed by atoms with Crippen LogP contribution < -0.4 is 9.92 Å². The fraction of sp³-hybridized carbons (Fsp3) is 0.0625. The number of amides is 1. The molecule has 1 amide bonds. The molecule has 0 aliphatic heterocycles. The van der Waals surface area contributed by atoms with Crippen LogP contribution in [0.1, 0.15) is 5.56 Å². The Bertz CT molecular complexity index is 907. The lowest BCUT2D eigenvalue weighted by molar-refractivity contribution is -0.113. The van der Waals surface area contributed by atoms with Crippen molar-refractivity contribution in [2.45, 2.75) is 5.51 Å². The van der Waals surface area contributed by atoms with Crippen molar-refractivity contribution < 1.29 is 30.6 Å². The normalized spacial score (nSPS) is 12.3. The molecular formula is C16H12F3NO4S. The van der Waals surface area contributed by atoms with Crippen LogP contribution in [0.3, 0.4) is 0 Å². The number of carbonyl (C=O) groups excluding carboxylic acids is 1. The Hall–Kier alpha value is -2.81. The Kier molecular flexibility index (Phi) is 5.17. The van der Waals surface area contributed by atoms with Gasteiger partial charge in [0.2, 0.25) is 5.91 Å². The molecule has 9 heteroatoms. The molecule has 0 aliphatic rings. The van der Waals surface area contributed by atoms with Crippen LogP contribution in [0.25, 0.3) is 17.2 Å². The van der Waals surface area contributed by atoms with E-state index >= 15 is 0 Å². The summed E-state index contributed by atoms with van der Waals surface area (Å²) in [5.74, 6) is -1.43. The molecule has 0 heterocycles. The number of carbonyl (C=O) groups is 1. The third-order valence-corrected chi connectivity index (χ3v) is 3.99. The molecular weight excluding hydrogens is 359 g/mol. The minimum Gasteiger partial charge on any atom is -0.375 e. The standard InChI is InChI=1S/C16H12F3NO4S/c17-16(18,19)25(22,23)24-14-8-6-12(11-4-2-1-3-5-11)10-13(14)7-9-15(20)21/h1-10H,(H2,20,21).